The van der Waals surface area contributed by atoms with E-state index in [0.717, 1.165) is 0 Å². The number of esters is 1. The Kier molecular flexibility index (Phi) is 6.48. The van der Waals surface area contributed by atoms with Crippen LogP contribution in [0.2, 0.25) is 0 Å². The van der Waals surface area contributed by atoms with Crippen LogP contribution in [0, 0.1) is 0 Å². The number of benzene rings is 1. The first-order chi connectivity index (χ1) is 9.94. The molecule has 0 aliphatic rings. The molecule has 6 nitrogen and oxygen atoms in total. The molecule has 21 heavy (non-hydrogen) atoms. The first-order valence-electron chi connectivity index (χ1n) is 6.33. The highest BCUT2D eigenvalue weighted by Crippen LogP contribution is 2.33. The van der Waals surface area contributed by atoms with E-state index < -0.39 is 17.9 Å². The van der Waals surface area contributed by atoms with Crippen molar-refractivity contribution in [1.82, 2.24) is 5.32 Å². The molecule has 7 heteroatoms. The molecule has 0 aliphatic carbocycles. The van der Waals surface area contributed by atoms with Gasteiger partial charge >= 0.3 is 5.97 Å². The molecule has 0 radical (unpaired) electrons. The zero-order valence-corrected chi connectivity index (χ0v) is 13.9. The van der Waals surface area contributed by atoms with Crippen LogP contribution in [0.25, 0.3) is 0 Å². The van der Waals surface area contributed by atoms with Gasteiger partial charge in [0.25, 0.3) is 5.91 Å². The van der Waals surface area contributed by atoms with Crippen molar-refractivity contribution in [2.75, 3.05) is 20.8 Å². The van der Waals surface area contributed by atoms with Crippen molar-refractivity contribution in [3.05, 3.63) is 22.2 Å². The van der Waals surface area contributed by atoms with Crippen molar-refractivity contribution in [3.63, 3.8) is 0 Å². The summed E-state index contributed by atoms with van der Waals surface area (Å²) in [6, 6.07) is 2.47. The number of carbonyl (C=O) groups excluding carboxylic acids is 2. The van der Waals surface area contributed by atoms with Crippen LogP contribution in [0.4, 0.5) is 0 Å². The van der Waals surface area contributed by atoms with Gasteiger partial charge in [0.2, 0.25) is 0 Å². The quantitative estimate of drug-likeness (QED) is 0.787. The second-order valence-electron chi connectivity index (χ2n) is 4.14. The number of hydrogen-bond donors (Lipinski definition) is 1. The van der Waals surface area contributed by atoms with Gasteiger partial charge < -0.3 is 19.5 Å². The lowest BCUT2D eigenvalue weighted by atomic mass is 10.1. The summed E-state index contributed by atoms with van der Waals surface area (Å²) in [5.74, 6) is -0.0836. The standard InChI is InChI=1S/C14H18BrNO5/c1-5-21-14(18)8(2)16-13(17)10-6-9(19-3)7-11(15)12(10)20-4/h6-8H,5H2,1-4H3,(H,16,17). The van der Waals surface area contributed by atoms with Gasteiger partial charge in [-0.3, -0.25) is 4.79 Å². The van der Waals surface area contributed by atoms with Crippen LogP contribution in [0.15, 0.2) is 16.6 Å². The van der Waals surface area contributed by atoms with Crippen LogP contribution in [-0.2, 0) is 9.53 Å². The van der Waals surface area contributed by atoms with Crippen molar-refractivity contribution < 1.29 is 23.8 Å². The SMILES string of the molecule is CCOC(=O)C(C)NC(=O)c1cc(OC)cc(Br)c1OC. The highest BCUT2D eigenvalue weighted by molar-refractivity contribution is 9.10. The van der Waals surface area contributed by atoms with E-state index in [1.807, 2.05) is 0 Å². The Hall–Kier alpha value is -1.76. The second kappa shape index (κ2) is 7.87. The molecule has 1 N–H and O–H groups in total. The summed E-state index contributed by atoms with van der Waals surface area (Å²) in [4.78, 5) is 23.8. The molecular weight excluding hydrogens is 342 g/mol. The Morgan fingerprint density at radius 2 is 1.95 bits per heavy atom. The smallest absolute Gasteiger partial charge is 0.328 e. The lowest BCUT2D eigenvalue weighted by Gasteiger charge is -2.15. The van der Waals surface area contributed by atoms with Crippen LogP contribution in [0.5, 0.6) is 11.5 Å². The molecule has 0 saturated carbocycles. The van der Waals surface area contributed by atoms with E-state index in [0.29, 0.717) is 16.0 Å². The van der Waals surface area contributed by atoms with Crippen LogP contribution < -0.4 is 14.8 Å². The maximum Gasteiger partial charge on any atom is 0.328 e. The van der Waals surface area contributed by atoms with Gasteiger partial charge in [-0.25, -0.2) is 4.79 Å². The molecule has 0 aliphatic heterocycles. The van der Waals surface area contributed by atoms with E-state index in [1.165, 1.54) is 20.3 Å². The molecule has 1 unspecified atom stereocenters. The second-order valence-corrected chi connectivity index (χ2v) is 4.99. The average molecular weight is 360 g/mol. The minimum Gasteiger partial charge on any atom is -0.497 e. The highest BCUT2D eigenvalue weighted by atomic mass is 79.9. The Balaban J connectivity index is 3.01. The van der Waals surface area contributed by atoms with Crippen molar-refractivity contribution in [2.45, 2.75) is 19.9 Å². The molecule has 1 amide bonds. The first-order valence-corrected chi connectivity index (χ1v) is 7.12. The number of hydrogen-bond acceptors (Lipinski definition) is 5. The van der Waals surface area contributed by atoms with Crippen molar-refractivity contribution >= 4 is 27.8 Å². The monoisotopic (exact) mass is 359 g/mol. The molecule has 1 atom stereocenters. The minimum absolute atomic E-state index is 0.257. The summed E-state index contributed by atoms with van der Waals surface area (Å²) in [7, 11) is 2.95. The highest BCUT2D eigenvalue weighted by Gasteiger charge is 2.22. The summed E-state index contributed by atoms with van der Waals surface area (Å²) in [6.07, 6.45) is 0. The normalized spacial score (nSPS) is 11.5. The summed E-state index contributed by atoms with van der Waals surface area (Å²) in [5.41, 5.74) is 0.264. The molecule has 0 fully saturated rings. The first kappa shape index (κ1) is 17.3. The van der Waals surface area contributed by atoms with Crippen LogP contribution in [0.1, 0.15) is 24.2 Å². The largest absolute Gasteiger partial charge is 0.497 e. The van der Waals surface area contributed by atoms with Gasteiger partial charge in [0.05, 0.1) is 30.9 Å². The number of amides is 1. The number of halogens is 1. The van der Waals surface area contributed by atoms with Crippen LogP contribution in [-0.4, -0.2) is 38.7 Å². The molecule has 1 rings (SSSR count). The topological polar surface area (TPSA) is 73.9 Å². The van der Waals surface area contributed by atoms with E-state index in [9.17, 15) is 9.59 Å². The fourth-order valence-corrected chi connectivity index (χ4v) is 2.26. The Bertz CT molecular complexity index is 532. The number of rotatable bonds is 6. The average Bonchev–Trinajstić information content (AvgIpc) is 2.46. The third-order valence-electron chi connectivity index (χ3n) is 2.69. The third-order valence-corrected chi connectivity index (χ3v) is 3.28. The number of ether oxygens (including phenoxy) is 3. The maximum atomic E-state index is 12.3. The fraction of sp³-hybridized carbons (Fsp3) is 0.429. The molecule has 1 aromatic carbocycles. The number of methoxy groups -OCH3 is 2. The summed E-state index contributed by atoms with van der Waals surface area (Å²) in [6.45, 7) is 3.51. The lowest BCUT2D eigenvalue weighted by molar-refractivity contribution is -0.144. The summed E-state index contributed by atoms with van der Waals surface area (Å²) >= 11 is 3.31. The predicted molar refractivity (Wildman–Crippen MR) is 80.8 cm³/mol. The Morgan fingerprint density at radius 1 is 1.29 bits per heavy atom. The zero-order valence-electron chi connectivity index (χ0n) is 12.4. The summed E-state index contributed by atoms with van der Waals surface area (Å²) < 4.78 is 15.8. The van der Waals surface area contributed by atoms with Gasteiger partial charge in [-0.1, -0.05) is 0 Å². The number of nitrogens with one attached hydrogen (secondary N) is 1. The van der Waals surface area contributed by atoms with E-state index in [4.69, 9.17) is 14.2 Å². The lowest BCUT2D eigenvalue weighted by Crippen LogP contribution is -2.39. The Morgan fingerprint density at radius 3 is 2.48 bits per heavy atom. The van der Waals surface area contributed by atoms with Gasteiger partial charge in [0.1, 0.15) is 17.5 Å². The van der Waals surface area contributed by atoms with Gasteiger partial charge in [-0.15, -0.1) is 0 Å². The zero-order chi connectivity index (χ0) is 16.0. The molecule has 0 spiro atoms. The van der Waals surface area contributed by atoms with Gasteiger partial charge in [0, 0.05) is 0 Å². The van der Waals surface area contributed by atoms with Crippen LogP contribution >= 0.6 is 15.9 Å². The minimum atomic E-state index is -0.757. The van der Waals surface area contributed by atoms with E-state index >= 15 is 0 Å². The molecule has 0 heterocycles. The van der Waals surface area contributed by atoms with Gasteiger partial charge in [-0.2, -0.15) is 0 Å². The van der Waals surface area contributed by atoms with Crippen molar-refractivity contribution in [1.29, 1.82) is 0 Å². The molecular formula is C14H18BrNO5. The molecule has 0 aromatic heterocycles. The number of carbonyl (C=O) groups is 2. The Labute approximate surface area is 131 Å². The van der Waals surface area contributed by atoms with Gasteiger partial charge in [0.15, 0.2) is 0 Å². The maximum absolute atomic E-state index is 12.3. The summed E-state index contributed by atoms with van der Waals surface area (Å²) in [5, 5.41) is 2.56. The fourth-order valence-electron chi connectivity index (χ4n) is 1.66. The van der Waals surface area contributed by atoms with E-state index in [-0.39, 0.29) is 12.2 Å². The van der Waals surface area contributed by atoms with Gasteiger partial charge in [-0.05, 0) is 41.9 Å². The van der Waals surface area contributed by atoms with Crippen molar-refractivity contribution in [3.8, 4) is 11.5 Å². The molecule has 116 valence electrons. The predicted octanol–water partition coefficient (Wildman–Crippen LogP) is 2.15. The van der Waals surface area contributed by atoms with Crippen LogP contribution in [0.3, 0.4) is 0 Å². The molecule has 0 saturated heterocycles. The third kappa shape index (κ3) is 4.35. The molecule has 1 aromatic rings. The van der Waals surface area contributed by atoms with E-state index in [2.05, 4.69) is 21.2 Å². The van der Waals surface area contributed by atoms with E-state index in [1.54, 1.807) is 19.9 Å². The molecule has 0 bridgehead atoms. The van der Waals surface area contributed by atoms with Crippen molar-refractivity contribution in [2.24, 2.45) is 0 Å².